The van der Waals surface area contributed by atoms with E-state index >= 15 is 0 Å². The van der Waals surface area contributed by atoms with E-state index in [1.165, 1.54) is 4.68 Å². The van der Waals surface area contributed by atoms with E-state index < -0.39 is 0 Å². The van der Waals surface area contributed by atoms with Crippen LogP contribution in [-0.4, -0.2) is 20.3 Å². The van der Waals surface area contributed by atoms with Crippen LogP contribution in [0.5, 0.6) is 0 Å². The van der Waals surface area contributed by atoms with E-state index in [4.69, 9.17) is 0 Å². The maximum absolute atomic E-state index is 13.3. The Morgan fingerprint density at radius 3 is 2.24 bits per heavy atom. The molecule has 0 atom stereocenters. The normalized spacial score (nSPS) is 11.0. The summed E-state index contributed by atoms with van der Waals surface area (Å²) in [7, 11) is 0. The fourth-order valence-corrected chi connectivity index (χ4v) is 3.94. The molecular weight excluding hydrogens is 424 g/mol. The van der Waals surface area contributed by atoms with Gasteiger partial charge in [0, 0.05) is 25.5 Å². The van der Waals surface area contributed by atoms with Crippen LogP contribution in [0.4, 0.5) is 0 Å². The zero-order chi connectivity index (χ0) is 23.5. The molecule has 1 N–H and O–H groups in total. The highest BCUT2D eigenvalue weighted by Gasteiger charge is 2.24. The predicted octanol–water partition coefficient (Wildman–Crippen LogP) is 4.43. The average molecular weight is 449 g/mol. The van der Waals surface area contributed by atoms with Crippen molar-refractivity contribution < 1.29 is 4.79 Å². The van der Waals surface area contributed by atoms with E-state index in [0.717, 1.165) is 16.7 Å². The van der Waals surface area contributed by atoms with Crippen molar-refractivity contribution in [3.8, 4) is 16.9 Å². The second-order valence-corrected chi connectivity index (χ2v) is 8.31. The van der Waals surface area contributed by atoms with Gasteiger partial charge in [0.15, 0.2) is 0 Å². The van der Waals surface area contributed by atoms with Gasteiger partial charge in [0.05, 0.1) is 16.8 Å². The monoisotopic (exact) mass is 448 g/mol. The summed E-state index contributed by atoms with van der Waals surface area (Å²) in [5.41, 5.74) is 4.80. The first-order valence-corrected chi connectivity index (χ1v) is 11.1. The molecule has 2 aliphatic rings. The van der Waals surface area contributed by atoms with Crippen LogP contribution in [0.3, 0.4) is 0 Å². The number of nitrogens with zero attached hydrogens (tertiary/aromatic N) is 3. The molecule has 0 aromatic heterocycles. The van der Waals surface area contributed by atoms with Gasteiger partial charge in [0.2, 0.25) is 0 Å². The average Bonchev–Trinajstić information content (AvgIpc) is 3.20. The Morgan fingerprint density at radius 2 is 1.53 bits per heavy atom. The zero-order valence-corrected chi connectivity index (χ0v) is 18.8. The lowest BCUT2D eigenvalue weighted by Crippen LogP contribution is -2.25. The molecule has 6 nitrogen and oxygen atoms in total. The molecule has 0 radical (unpaired) electrons. The van der Waals surface area contributed by atoms with Gasteiger partial charge in [-0.1, -0.05) is 78.4 Å². The largest absolute Gasteiger partial charge is 0.348 e. The third kappa shape index (κ3) is 4.38. The molecule has 0 fully saturated rings. The van der Waals surface area contributed by atoms with Crippen molar-refractivity contribution in [2.45, 2.75) is 20.0 Å². The van der Waals surface area contributed by atoms with Gasteiger partial charge in [-0.3, -0.25) is 9.59 Å². The first kappa shape index (κ1) is 21.4. The minimum absolute atomic E-state index is 0.254. The van der Waals surface area contributed by atoms with Crippen molar-refractivity contribution in [1.29, 1.82) is 0 Å². The number of benzene rings is 3. The van der Waals surface area contributed by atoms with Crippen LogP contribution >= 0.6 is 0 Å². The van der Waals surface area contributed by atoms with Gasteiger partial charge >= 0.3 is 0 Å². The van der Waals surface area contributed by atoms with Gasteiger partial charge in [-0.25, -0.2) is 0 Å². The number of rotatable bonds is 6. The minimum atomic E-state index is -0.273. The Labute approximate surface area is 197 Å². The SMILES string of the molecule is Cc1ccc(CNC(=O)c2cn(Cc3ccccc3)cc3c(=O)n(-c4ccccc4)nc2-3)cc1. The van der Waals surface area contributed by atoms with Crippen LogP contribution in [0.1, 0.15) is 27.0 Å². The van der Waals surface area contributed by atoms with Crippen molar-refractivity contribution in [2.24, 2.45) is 0 Å². The van der Waals surface area contributed by atoms with Crippen LogP contribution in [0, 0.1) is 6.92 Å². The molecule has 0 aliphatic carbocycles. The van der Waals surface area contributed by atoms with Crippen LogP contribution in [-0.2, 0) is 13.1 Å². The first-order valence-electron chi connectivity index (χ1n) is 11.1. The van der Waals surface area contributed by atoms with E-state index in [0.29, 0.717) is 35.6 Å². The van der Waals surface area contributed by atoms with Crippen LogP contribution in [0.2, 0.25) is 0 Å². The third-order valence-corrected chi connectivity index (χ3v) is 5.75. The molecule has 0 spiro atoms. The summed E-state index contributed by atoms with van der Waals surface area (Å²) in [6.45, 7) is 2.95. The summed E-state index contributed by atoms with van der Waals surface area (Å²) in [6, 6.07) is 27.2. The van der Waals surface area contributed by atoms with E-state index in [-0.39, 0.29) is 11.5 Å². The number of carbonyl (C=O) groups is 1. The Bertz CT molecular complexity index is 1450. The lowest BCUT2D eigenvalue weighted by atomic mass is 10.1. The maximum Gasteiger partial charge on any atom is 0.282 e. The highest BCUT2D eigenvalue weighted by atomic mass is 16.2. The highest BCUT2D eigenvalue weighted by molar-refractivity contribution is 5.99. The number of aromatic nitrogens is 3. The predicted molar refractivity (Wildman–Crippen MR) is 132 cm³/mol. The molecule has 34 heavy (non-hydrogen) atoms. The number of carbonyl (C=O) groups excluding carboxylic acids is 1. The van der Waals surface area contributed by atoms with Crippen molar-refractivity contribution in [3.63, 3.8) is 0 Å². The number of nitrogens with one attached hydrogen (secondary N) is 1. The number of pyridine rings is 1. The lowest BCUT2D eigenvalue weighted by molar-refractivity contribution is 0.0950. The van der Waals surface area contributed by atoms with Gasteiger partial charge in [0.1, 0.15) is 5.69 Å². The van der Waals surface area contributed by atoms with Crippen molar-refractivity contribution >= 4 is 5.91 Å². The Morgan fingerprint density at radius 1 is 0.853 bits per heavy atom. The second kappa shape index (κ2) is 9.19. The molecule has 168 valence electrons. The fourth-order valence-electron chi connectivity index (χ4n) is 3.94. The summed E-state index contributed by atoms with van der Waals surface area (Å²) in [5.74, 6) is -0.273. The van der Waals surface area contributed by atoms with E-state index in [2.05, 4.69) is 10.4 Å². The van der Waals surface area contributed by atoms with Crippen LogP contribution < -0.4 is 10.9 Å². The maximum atomic E-state index is 13.3. The molecular formula is C28H24N4O2. The number of hydrogen-bond acceptors (Lipinski definition) is 3. The summed E-state index contributed by atoms with van der Waals surface area (Å²) < 4.78 is 3.23. The summed E-state index contributed by atoms with van der Waals surface area (Å²) in [5, 5.41) is 7.53. The standard InChI is InChI=1S/C28H24N4O2/c1-20-12-14-21(15-13-20)16-29-27(33)24-18-31(17-22-8-4-2-5-9-22)19-25-26(24)30-32(28(25)34)23-10-6-3-7-11-23/h2-15,18-19H,16-17H2,1H3,(H,29,33). The Kier molecular flexibility index (Phi) is 5.79. The fraction of sp³-hybridized carbons (Fsp3) is 0.107. The van der Waals surface area contributed by atoms with Crippen molar-refractivity contribution in [1.82, 2.24) is 19.7 Å². The molecule has 5 rings (SSSR count). The van der Waals surface area contributed by atoms with Crippen LogP contribution in [0.25, 0.3) is 16.9 Å². The summed E-state index contributed by atoms with van der Waals surface area (Å²) in [4.78, 5) is 26.6. The molecule has 0 saturated heterocycles. The van der Waals surface area contributed by atoms with Crippen molar-refractivity contribution in [3.05, 3.63) is 130 Å². The second-order valence-electron chi connectivity index (χ2n) is 8.31. The molecule has 0 bridgehead atoms. The summed E-state index contributed by atoms with van der Waals surface area (Å²) >= 11 is 0. The number of fused-ring (bicyclic) bond motifs is 1. The summed E-state index contributed by atoms with van der Waals surface area (Å²) in [6.07, 6.45) is 3.54. The smallest absolute Gasteiger partial charge is 0.282 e. The molecule has 1 amide bonds. The molecule has 6 heteroatoms. The molecule has 0 saturated carbocycles. The van der Waals surface area contributed by atoms with E-state index in [9.17, 15) is 9.59 Å². The molecule has 2 heterocycles. The third-order valence-electron chi connectivity index (χ3n) is 5.75. The van der Waals surface area contributed by atoms with Gasteiger partial charge < -0.3 is 9.88 Å². The quantitative estimate of drug-likeness (QED) is 0.418. The Hall–Kier alpha value is -4.45. The van der Waals surface area contributed by atoms with E-state index in [1.807, 2.05) is 96.4 Å². The van der Waals surface area contributed by atoms with Gasteiger partial charge in [-0.2, -0.15) is 9.78 Å². The molecule has 3 aromatic rings. The number of aryl methyl sites for hydroxylation is 1. The first-order chi connectivity index (χ1) is 16.6. The van der Waals surface area contributed by atoms with Crippen LogP contribution in [0.15, 0.2) is 102 Å². The molecule has 3 aromatic carbocycles. The highest BCUT2D eigenvalue weighted by Crippen LogP contribution is 2.23. The lowest BCUT2D eigenvalue weighted by Gasteiger charge is -2.13. The zero-order valence-electron chi connectivity index (χ0n) is 18.8. The topological polar surface area (TPSA) is 68.9 Å². The molecule has 0 unspecified atom stereocenters. The number of para-hydroxylation sites is 1. The van der Waals surface area contributed by atoms with Gasteiger partial charge in [-0.05, 0) is 30.2 Å². The molecule has 2 aliphatic heterocycles. The number of amides is 1. The van der Waals surface area contributed by atoms with Gasteiger partial charge in [0.25, 0.3) is 11.5 Å². The Balaban J connectivity index is 1.55. The van der Waals surface area contributed by atoms with E-state index in [1.54, 1.807) is 12.4 Å². The minimum Gasteiger partial charge on any atom is -0.348 e. The van der Waals surface area contributed by atoms with Gasteiger partial charge in [-0.15, -0.1) is 0 Å². The number of hydrogen-bond donors (Lipinski definition) is 1. The van der Waals surface area contributed by atoms with Crippen molar-refractivity contribution in [2.75, 3.05) is 0 Å².